The molecule has 5 heteroatoms. The van der Waals surface area contributed by atoms with Crippen LogP contribution in [0.25, 0.3) is 0 Å². The summed E-state index contributed by atoms with van der Waals surface area (Å²) in [5.41, 5.74) is 2.03. The second kappa shape index (κ2) is 7.64. The van der Waals surface area contributed by atoms with Gasteiger partial charge in [-0.05, 0) is 36.4 Å². The third-order valence-corrected chi connectivity index (χ3v) is 5.35. The first-order valence-electron chi connectivity index (χ1n) is 6.66. The molecule has 2 aromatic rings. The molecule has 2 aromatic carbocycles. The van der Waals surface area contributed by atoms with E-state index in [0.29, 0.717) is 15.1 Å². The summed E-state index contributed by atoms with van der Waals surface area (Å²) in [7, 11) is 0. The molecule has 1 N–H and O–H groups in total. The molecular weight excluding hydrogens is 345 g/mol. The van der Waals surface area contributed by atoms with Gasteiger partial charge in [0.2, 0.25) is 0 Å². The maximum atomic E-state index is 6.30. The highest BCUT2D eigenvalue weighted by Gasteiger charge is 2.15. The average Bonchev–Trinajstić information content (AvgIpc) is 2.47. The van der Waals surface area contributed by atoms with Gasteiger partial charge in [-0.15, -0.1) is 11.8 Å². The normalized spacial score (nSPS) is 12.2. The fraction of sp³-hybridized carbons (Fsp3) is 0.250. The number of para-hydroxylation sites is 1. The van der Waals surface area contributed by atoms with Gasteiger partial charge >= 0.3 is 0 Å². The Kier molecular flexibility index (Phi) is 6.12. The monoisotopic (exact) mass is 359 g/mol. The standard InChI is InChI=1S/C16H16Cl3NS/c1-3-21-14-7-5-4-6-13(14)20-10(2)11-8-9-12(17)16(19)15(11)18/h4-10,20H,3H2,1-2H3. The highest BCUT2D eigenvalue weighted by atomic mass is 35.5. The molecule has 21 heavy (non-hydrogen) atoms. The lowest BCUT2D eigenvalue weighted by atomic mass is 10.1. The molecule has 0 heterocycles. The van der Waals surface area contributed by atoms with Gasteiger partial charge in [0.1, 0.15) is 0 Å². The van der Waals surface area contributed by atoms with Crippen LogP contribution in [-0.4, -0.2) is 5.75 Å². The number of nitrogens with one attached hydrogen (secondary N) is 1. The molecule has 0 saturated carbocycles. The van der Waals surface area contributed by atoms with E-state index in [0.717, 1.165) is 17.0 Å². The van der Waals surface area contributed by atoms with Crippen molar-refractivity contribution in [3.63, 3.8) is 0 Å². The van der Waals surface area contributed by atoms with Gasteiger partial charge in [-0.25, -0.2) is 0 Å². The number of anilines is 1. The van der Waals surface area contributed by atoms with E-state index in [9.17, 15) is 0 Å². The number of hydrogen-bond donors (Lipinski definition) is 1. The molecule has 0 aliphatic carbocycles. The van der Waals surface area contributed by atoms with E-state index >= 15 is 0 Å². The molecule has 2 rings (SSSR count). The molecule has 0 spiro atoms. The molecule has 0 fully saturated rings. The van der Waals surface area contributed by atoms with Crippen molar-refractivity contribution in [2.24, 2.45) is 0 Å². The zero-order valence-electron chi connectivity index (χ0n) is 11.8. The van der Waals surface area contributed by atoms with Crippen molar-refractivity contribution < 1.29 is 0 Å². The summed E-state index contributed by atoms with van der Waals surface area (Å²) < 4.78 is 0. The molecule has 0 aliphatic heterocycles. The maximum absolute atomic E-state index is 6.30. The Bertz CT molecular complexity index is 631. The summed E-state index contributed by atoms with van der Waals surface area (Å²) in [5.74, 6) is 1.03. The molecule has 0 bridgehead atoms. The van der Waals surface area contributed by atoms with Gasteiger partial charge in [-0.3, -0.25) is 0 Å². The second-order valence-electron chi connectivity index (χ2n) is 4.56. The quantitative estimate of drug-likeness (QED) is 0.458. The first-order chi connectivity index (χ1) is 10.0. The molecule has 1 atom stereocenters. The maximum Gasteiger partial charge on any atom is 0.0782 e. The van der Waals surface area contributed by atoms with Crippen LogP contribution in [0.15, 0.2) is 41.3 Å². The van der Waals surface area contributed by atoms with Gasteiger partial charge in [0, 0.05) is 10.6 Å². The van der Waals surface area contributed by atoms with Crippen LogP contribution in [0.4, 0.5) is 5.69 Å². The van der Waals surface area contributed by atoms with Gasteiger partial charge in [-0.2, -0.15) is 0 Å². The Morgan fingerprint density at radius 3 is 2.48 bits per heavy atom. The summed E-state index contributed by atoms with van der Waals surface area (Å²) in [5, 5.41) is 4.87. The van der Waals surface area contributed by atoms with E-state index in [-0.39, 0.29) is 6.04 Å². The highest BCUT2D eigenvalue weighted by molar-refractivity contribution is 7.99. The first-order valence-corrected chi connectivity index (χ1v) is 8.78. The van der Waals surface area contributed by atoms with Crippen molar-refractivity contribution in [3.05, 3.63) is 57.0 Å². The predicted octanol–water partition coefficient (Wildman–Crippen LogP) is 6.93. The Morgan fingerprint density at radius 1 is 1.05 bits per heavy atom. The van der Waals surface area contributed by atoms with E-state index in [1.165, 1.54) is 4.90 Å². The lowest BCUT2D eigenvalue weighted by Crippen LogP contribution is -2.08. The number of benzene rings is 2. The zero-order valence-corrected chi connectivity index (χ0v) is 14.9. The van der Waals surface area contributed by atoms with Gasteiger partial charge in [0.05, 0.1) is 21.1 Å². The Morgan fingerprint density at radius 2 is 1.76 bits per heavy atom. The lowest BCUT2D eigenvalue weighted by molar-refractivity contribution is 0.880. The molecule has 1 unspecified atom stereocenters. The lowest BCUT2D eigenvalue weighted by Gasteiger charge is -2.20. The van der Waals surface area contributed by atoms with Crippen LogP contribution in [0, 0.1) is 0 Å². The molecule has 0 aromatic heterocycles. The highest BCUT2D eigenvalue weighted by Crippen LogP contribution is 2.37. The predicted molar refractivity (Wildman–Crippen MR) is 96.3 cm³/mol. The fourth-order valence-corrected chi connectivity index (χ4v) is 3.53. The van der Waals surface area contributed by atoms with Crippen molar-refractivity contribution in [3.8, 4) is 0 Å². The van der Waals surface area contributed by atoms with E-state index in [1.807, 2.05) is 18.2 Å². The minimum Gasteiger partial charge on any atom is -0.378 e. The molecule has 0 aliphatic rings. The third-order valence-electron chi connectivity index (χ3n) is 3.09. The third kappa shape index (κ3) is 4.01. The number of thioether (sulfide) groups is 1. The van der Waals surface area contributed by atoms with Crippen molar-refractivity contribution in [2.45, 2.75) is 24.8 Å². The van der Waals surface area contributed by atoms with E-state index in [1.54, 1.807) is 17.8 Å². The van der Waals surface area contributed by atoms with E-state index in [2.05, 4.69) is 31.3 Å². The van der Waals surface area contributed by atoms with Crippen LogP contribution in [0.1, 0.15) is 25.5 Å². The van der Waals surface area contributed by atoms with Gasteiger partial charge in [-0.1, -0.05) is 59.9 Å². The minimum absolute atomic E-state index is 0.0332. The fourth-order valence-electron chi connectivity index (χ4n) is 2.05. The Balaban J connectivity index is 2.26. The molecule has 112 valence electrons. The van der Waals surface area contributed by atoms with Gasteiger partial charge in [0.25, 0.3) is 0 Å². The molecule has 1 nitrogen and oxygen atoms in total. The molecule has 0 amide bonds. The first kappa shape index (κ1) is 16.8. The van der Waals surface area contributed by atoms with Crippen LogP contribution in [0.2, 0.25) is 15.1 Å². The summed E-state index contributed by atoms with van der Waals surface area (Å²) in [6.07, 6.45) is 0. The summed E-state index contributed by atoms with van der Waals surface area (Å²) >= 11 is 20.2. The summed E-state index contributed by atoms with van der Waals surface area (Å²) in [4.78, 5) is 1.23. The van der Waals surface area contributed by atoms with Crippen LogP contribution in [0.5, 0.6) is 0 Å². The van der Waals surface area contributed by atoms with Crippen LogP contribution in [0.3, 0.4) is 0 Å². The van der Waals surface area contributed by atoms with Crippen molar-refractivity contribution >= 4 is 52.3 Å². The van der Waals surface area contributed by atoms with Crippen molar-refractivity contribution in [2.75, 3.05) is 11.1 Å². The molecule has 0 saturated heterocycles. The van der Waals surface area contributed by atoms with Gasteiger partial charge < -0.3 is 5.32 Å². The smallest absolute Gasteiger partial charge is 0.0782 e. The van der Waals surface area contributed by atoms with Crippen LogP contribution >= 0.6 is 46.6 Å². The summed E-state index contributed by atoms with van der Waals surface area (Å²) in [6.45, 7) is 4.19. The van der Waals surface area contributed by atoms with Gasteiger partial charge in [0.15, 0.2) is 0 Å². The largest absolute Gasteiger partial charge is 0.378 e. The minimum atomic E-state index is 0.0332. The van der Waals surface area contributed by atoms with Crippen LogP contribution in [-0.2, 0) is 0 Å². The number of rotatable bonds is 5. The van der Waals surface area contributed by atoms with Crippen molar-refractivity contribution in [1.29, 1.82) is 0 Å². The zero-order chi connectivity index (χ0) is 15.4. The number of hydrogen-bond acceptors (Lipinski definition) is 2. The summed E-state index contributed by atoms with van der Waals surface area (Å²) in [6, 6.07) is 12.0. The Hall–Kier alpha value is -0.540. The number of halogens is 3. The average molecular weight is 361 g/mol. The van der Waals surface area contributed by atoms with Crippen LogP contribution < -0.4 is 5.32 Å². The molecular formula is C16H16Cl3NS. The van der Waals surface area contributed by atoms with E-state index in [4.69, 9.17) is 34.8 Å². The topological polar surface area (TPSA) is 12.0 Å². The second-order valence-corrected chi connectivity index (χ2v) is 7.03. The molecule has 0 radical (unpaired) electrons. The Labute approximate surface area is 145 Å². The van der Waals surface area contributed by atoms with Crippen molar-refractivity contribution in [1.82, 2.24) is 0 Å². The SMILES string of the molecule is CCSc1ccccc1NC(C)c1ccc(Cl)c(Cl)c1Cl. The van der Waals surface area contributed by atoms with E-state index < -0.39 is 0 Å².